The van der Waals surface area contributed by atoms with E-state index in [0.29, 0.717) is 56.9 Å². The van der Waals surface area contributed by atoms with Crippen LogP contribution in [0.3, 0.4) is 0 Å². The van der Waals surface area contributed by atoms with Crippen molar-refractivity contribution in [1.82, 2.24) is 34.3 Å². The van der Waals surface area contributed by atoms with Crippen LogP contribution in [-0.4, -0.2) is 112 Å². The van der Waals surface area contributed by atoms with Gasteiger partial charge in [0.15, 0.2) is 5.65 Å². The lowest BCUT2D eigenvalue weighted by atomic mass is 10.1. The van der Waals surface area contributed by atoms with Crippen molar-refractivity contribution in [3.63, 3.8) is 0 Å². The molecule has 1 aromatic carbocycles. The minimum Gasteiger partial charge on any atom is -0.410 e. The van der Waals surface area contributed by atoms with Crippen molar-refractivity contribution in [2.75, 3.05) is 70.7 Å². The number of fused-ring (bicyclic) bond motifs is 1. The second-order valence-electron chi connectivity index (χ2n) is 11.7. The van der Waals surface area contributed by atoms with Gasteiger partial charge in [0.05, 0.1) is 6.20 Å². The Hall–Kier alpha value is -4.23. The average Bonchev–Trinajstić information content (AvgIpc) is 3.45. The van der Waals surface area contributed by atoms with E-state index >= 15 is 0 Å². The lowest BCUT2D eigenvalue weighted by Crippen LogP contribution is -2.51. The molecule has 2 aromatic heterocycles. The van der Waals surface area contributed by atoms with E-state index in [1.54, 1.807) is 26.5 Å². The molecule has 5 rings (SSSR count). The zero-order chi connectivity index (χ0) is 31.1. The van der Waals surface area contributed by atoms with Gasteiger partial charge in [-0.1, -0.05) is 32.1 Å². The van der Waals surface area contributed by atoms with Crippen molar-refractivity contribution in [3.05, 3.63) is 53.7 Å². The number of carbonyl (C=O) groups is 2. The van der Waals surface area contributed by atoms with Crippen molar-refractivity contribution in [1.29, 1.82) is 0 Å². The van der Waals surface area contributed by atoms with Crippen LogP contribution < -0.4 is 15.4 Å². The number of amides is 2. The second-order valence-corrected chi connectivity index (χ2v) is 11.7. The first kappa shape index (κ1) is 31.2. The predicted octanol–water partition coefficient (Wildman–Crippen LogP) is 3.21. The number of rotatable bonds is 10. The summed E-state index contributed by atoms with van der Waals surface area (Å²) in [4.78, 5) is 40.3. The summed E-state index contributed by atoms with van der Waals surface area (Å²) in [6.45, 7) is 8.60. The summed E-state index contributed by atoms with van der Waals surface area (Å²) in [5.41, 5.74) is 2.73. The van der Waals surface area contributed by atoms with E-state index in [-0.39, 0.29) is 17.9 Å². The molecule has 2 aliphatic rings. The number of anilines is 2. The first-order chi connectivity index (χ1) is 21.3. The molecule has 0 spiro atoms. The van der Waals surface area contributed by atoms with Gasteiger partial charge < -0.3 is 34.8 Å². The number of nitrogens with zero attached hydrogens (tertiary/aromatic N) is 7. The summed E-state index contributed by atoms with van der Waals surface area (Å²) in [6.07, 6.45) is 6.67. The van der Waals surface area contributed by atoms with E-state index in [0.717, 1.165) is 42.8 Å². The SMILES string of the molecule is CC(C)c1cnn2c(NCc3cccc(OC(=O)N4CCN(C(=O)/C=C/CN(C)C)CC4)c3)nc(NC3CCOCC3)nc12. The molecule has 2 saturated heterocycles. The van der Waals surface area contributed by atoms with Crippen molar-refractivity contribution in [3.8, 4) is 5.75 Å². The third-order valence-electron chi connectivity index (χ3n) is 7.71. The lowest BCUT2D eigenvalue weighted by molar-refractivity contribution is -0.127. The lowest BCUT2D eigenvalue weighted by Gasteiger charge is -2.33. The summed E-state index contributed by atoms with van der Waals surface area (Å²) in [6, 6.07) is 7.67. The first-order valence-corrected chi connectivity index (χ1v) is 15.3. The Kier molecular flexibility index (Phi) is 10.3. The molecule has 44 heavy (non-hydrogen) atoms. The number of nitrogens with one attached hydrogen (secondary N) is 2. The number of carbonyl (C=O) groups excluding carboxylic acids is 2. The highest BCUT2D eigenvalue weighted by Gasteiger charge is 2.25. The third kappa shape index (κ3) is 8.03. The van der Waals surface area contributed by atoms with E-state index in [4.69, 9.17) is 19.4 Å². The number of hydrogen-bond acceptors (Lipinski definition) is 10. The molecule has 13 heteroatoms. The van der Waals surface area contributed by atoms with E-state index < -0.39 is 6.09 Å². The molecule has 2 amide bonds. The maximum Gasteiger partial charge on any atom is 0.415 e. The molecule has 0 radical (unpaired) electrons. The molecular weight excluding hydrogens is 562 g/mol. The highest BCUT2D eigenvalue weighted by Crippen LogP contribution is 2.24. The standard InChI is InChI=1S/C31H43N9O4/c1-22(2)26-21-33-40-28(26)35-29(34-24-10-17-43-18-11-24)36-30(40)32-20-23-7-5-8-25(19-23)44-31(42)39-15-13-38(14-16-39)27(41)9-6-12-37(3)4/h5-9,19,21-22,24H,10-18,20H2,1-4H3,(H2,32,34,35,36)/b9-6+. The normalized spacial score (nSPS) is 16.3. The van der Waals surface area contributed by atoms with Gasteiger partial charge in [0.2, 0.25) is 17.8 Å². The number of piperazine rings is 1. The van der Waals surface area contributed by atoms with Crippen LogP contribution in [0.5, 0.6) is 5.75 Å². The molecule has 0 atom stereocenters. The number of aromatic nitrogens is 4. The van der Waals surface area contributed by atoms with Crippen LogP contribution in [0.25, 0.3) is 5.65 Å². The number of likely N-dealkylation sites (N-methyl/N-ethyl adjacent to an activating group) is 1. The summed E-state index contributed by atoms with van der Waals surface area (Å²) >= 11 is 0. The molecular formula is C31H43N9O4. The molecule has 236 valence electrons. The molecule has 13 nitrogen and oxygen atoms in total. The fraction of sp³-hybridized carbons (Fsp3) is 0.516. The predicted molar refractivity (Wildman–Crippen MR) is 168 cm³/mol. The maximum atomic E-state index is 12.9. The number of ether oxygens (including phenoxy) is 2. The van der Waals surface area contributed by atoms with Gasteiger partial charge in [0.25, 0.3) is 0 Å². The molecule has 0 saturated carbocycles. The second kappa shape index (κ2) is 14.5. The fourth-order valence-corrected chi connectivity index (χ4v) is 5.15. The van der Waals surface area contributed by atoms with Gasteiger partial charge in [-0.15, -0.1) is 0 Å². The van der Waals surface area contributed by atoms with Gasteiger partial charge in [-0.05, 0) is 50.6 Å². The minimum atomic E-state index is -0.426. The quantitative estimate of drug-likeness (QED) is 0.333. The Morgan fingerprint density at radius 2 is 1.86 bits per heavy atom. The van der Waals surface area contributed by atoms with Crippen molar-refractivity contribution >= 4 is 29.5 Å². The van der Waals surface area contributed by atoms with Gasteiger partial charge in [-0.2, -0.15) is 19.6 Å². The Labute approximate surface area is 258 Å². The largest absolute Gasteiger partial charge is 0.415 e. The number of benzene rings is 1. The smallest absolute Gasteiger partial charge is 0.410 e. The Morgan fingerprint density at radius 1 is 1.11 bits per heavy atom. The average molecular weight is 606 g/mol. The Morgan fingerprint density at radius 3 is 2.59 bits per heavy atom. The maximum absolute atomic E-state index is 12.9. The molecule has 0 bridgehead atoms. The van der Waals surface area contributed by atoms with E-state index in [2.05, 4.69) is 29.6 Å². The van der Waals surface area contributed by atoms with Gasteiger partial charge in [0.1, 0.15) is 5.75 Å². The zero-order valence-electron chi connectivity index (χ0n) is 26.0. The molecule has 0 unspecified atom stereocenters. The highest BCUT2D eigenvalue weighted by molar-refractivity contribution is 5.87. The first-order valence-electron chi connectivity index (χ1n) is 15.3. The van der Waals surface area contributed by atoms with Gasteiger partial charge >= 0.3 is 6.09 Å². The van der Waals surface area contributed by atoms with Crippen molar-refractivity contribution in [2.45, 2.75) is 45.2 Å². The van der Waals surface area contributed by atoms with Crippen LogP contribution in [0.2, 0.25) is 0 Å². The van der Waals surface area contributed by atoms with Crippen LogP contribution in [0.15, 0.2) is 42.6 Å². The minimum absolute atomic E-state index is 0.0388. The van der Waals surface area contributed by atoms with Crippen LogP contribution >= 0.6 is 0 Å². The van der Waals surface area contributed by atoms with Gasteiger partial charge in [-0.3, -0.25) is 4.79 Å². The van der Waals surface area contributed by atoms with Crippen LogP contribution in [-0.2, 0) is 16.1 Å². The van der Waals surface area contributed by atoms with Crippen LogP contribution in [0, 0.1) is 0 Å². The van der Waals surface area contributed by atoms with E-state index in [9.17, 15) is 9.59 Å². The Balaban J connectivity index is 1.20. The van der Waals surface area contributed by atoms with E-state index in [1.807, 2.05) is 49.5 Å². The fourth-order valence-electron chi connectivity index (χ4n) is 5.15. The molecule has 4 heterocycles. The molecule has 0 aliphatic carbocycles. The molecule has 2 aliphatic heterocycles. The topological polar surface area (TPSA) is 129 Å². The van der Waals surface area contributed by atoms with E-state index in [1.165, 1.54) is 0 Å². The Bertz CT molecular complexity index is 1460. The van der Waals surface area contributed by atoms with Crippen molar-refractivity contribution < 1.29 is 19.1 Å². The van der Waals surface area contributed by atoms with Crippen LogP contribution in [0.4, 0.5) is 16.7 Å². The monoisotopic (exact) mass is 605 g/mol. The van der Waals surface area contributed by atoms with Crippen LogP contribution in [0.1, 0.15) is 43.7 Å². The summed E-state index contributed by atoms with van der Waals surface area (Å²) < 4.78 is 12.9. The summed E-state index contributed by atoms with van der Waals surface area (Å²) in [5, 5.41) is 11.4. The highest BCUT2D eigenvalue weighted by atomic mass is 16.6. The third-order valence-corrected chi connectivity index (χ3v) is 7.71. The zero-order valence-corrected chi connectivity index (χ0v) is 26.0. The van der Waals surface area contributed by atoms with Gasteiger partial charge in [-0.25, -0.2) is 4.79 Å². The molecule has 2 fully saturated rings. The van der Waals surface area contributed by atoms with Crippen molar-refractivity contribution in [2.24, 2.45) is 0 Å². The molecule has 2 N–H and O–H groups in total. The molecule has 3 aromatic rings. The summed E-state index contributed by atoms with van der Waals surface area (Å²) in [5.74, 6) is 1.80. The van der Waals surface area contributed by atoms with Gasteiger partial charge in [0, 0.05) is 70.2 Å². The number of hydrogen-bond donors (Lipinski definition) is 2. The summed E-state index contributed by atoms with van der Waals surface area (Å²) in [7, 11) is 3.90.